The van der Waals surface area contributed by atoms with Crippen LogP contribution in [0.15, 0.2) is 52.9 Å². The van der Waals surface area contributed by atoms with E-state index >= 15 is 0 Å². The lowest BCUT2D eigenvalue weighted by Crippen LogP contribution is -1.80. The van der Waals surface area contributed by atoms with E-state index in [4.69, 9.17) is 9.68 Å². The van der Waals surface area contributed by atoms with Gasteiger partial charge in [0.05, 0.1) is 5.56 Å². The Morgan fingerprint density at radius 3 is 2.50 bits per heavy atom. The molecule has 0 aliphatic heterocycles. The highest BCUT2D eigenvalue weighted by atomic mass is 16.3. The minimum atomic E-state index is 0.139. The van der Waals surface area contributed by atoms with Crippen molar-refractivity contribution in [2.24, 2.45) is 0 Å². The highest BCUT2D eigenvalue weighted by Crippen LogP contribution is 2.38. The van der Waals surface area contributed by atoms with E-state index < -0.39 is 0 Å². The van der Waals surface area contributed by atoms with E-state index in [1.807, 2.05) is 30.3 Å². The molecule has 3 nitrogen and oxygen atoms in total. The second-order valence-corrected chi connectivity index (χ2v) is 3.93. The van der Waals surface area contributed by atoms with E-state index in [1.54, 1.807) is 24.3 Å². The van der Waals surface area contributed by atoms with Crippen molar-refractivity contribution >= 4 is 11.0 Å². The van der Waals surface area contributed by atoms with Crippen molar-refractivity contribution in [3.8, 4) is 22.9 Å². The summed E-state index contributed by atoms with van der Waals surface area (Å²) in [6.07, 6.45) is 0. The Bertz CT molecular complexity index is 766. The highest BCUT2D eigenvalue weighted by Gasteiger charge is 2.17. The van der Waals surface area contributed by atoms with Crippen LogP contribution in [0.2, 0.25) is 0 Å². The molecule has 0 aliphatic carbocycles. The number of furan rings is 1. The summed E-state index contributed by atoms with van der Waals surface area (Å²) in [6, 6.07) is 16.4. The van der Waals surface area contributed by atoms with Crippen LogP contribution in [0.25, 0.3) is 22.1 Å². The Balaban J connectivity index is 2.42. The molecule has 0 fully saturated rings. The quantitative estimate of drug-likeness (QED) is 0.700. The molecule has 0 atom stereocenters. The maximum Gasteiger partial charge on any atom is 0.212 e. The molecule has 0 saturated carbocycles. The fourth-order valence-electron chi connectivity index (χ4n) is 2.08. The molecule has 0 saturated heterocycles. The molecule has 1 N–H and O–H groups in total. The van der Waals surface area contributed by atoms with Gasteiger partial charge in [0.2, 0.25) is 5.76 Å². The summed E-state index contributed by atoms with van der Waals surface area (Å²) in [5.41, 5.74) is 1.90. The number of rotatable bonds is 1. The van der Waals surface area contributed by atoms with Crippen LogP contribution in [-0.4, -0.2) is 5.11 Å². The van der Waals surface area contributed by atoms with Gasteiger partial charge in [0.25, 0.3) is 0 Å². The van der Waals surface area contributed by atoms with Crippen LogP contribution in [0.4, 0.5) is 0 Å². The van der Waals surface area contributed by atoms with Crippen LogP contribution in [-0.2, 0) is 0 Å². The minimum absolute atomic E-state index is 0.139. The molecule has 0 spiro atoms. The Morgan fingerprint density at radius 1 is 1.00 bits per heavy atom. The number of phenols is 1. The van der Waals surface area contributed by atoms with E-state index in [0.29, 0.717) is 16.7 Å². The third kappa shape index (κ3) is 1.44. The lowest BCUT2D eigenvalue weighted by atomic mass is 10.0. The molecule has 2 aromatic carbocycles. The Labute approximate surface area is 104 Å². The van der Waals surface area contributed by atoms with E-state index in [1.165, 1.54) is 0 Å². The standard InChI is InChI=1S/C15H9NO2/c16-9-14-15(10-5-1-3-7-12(10)17)11-6-2-4-8-13(11)18-14/h1-8,17H. The zero-order valence-electron chi connectivity index (χ0n) is 9.42. The zero-order valence-corrected chi connectivity index (χ0v) is 9.42. The summed E-state index contributed by atoms with van der Waals surface area (Å²) in [7, 11) is 0. The summed E-state index contributed by atoms with van der Waals surface area (Å²) in [5.74, 6) is 0.359. The average Bonchev–Trinajstić information content (AvgIpc) is 2.78. The molecule has 0 unspecified atom stereocenters. The van der Waals surface area contributed by atoms with E-state index in [9.17, 15) is 5.11 Å². The summed E-state index contributed by atoms with van der Waals surface area (Å²) in [4.78, 5) is 0. The van der Waals surface area contributed by atoms with Gasteiger partial charge in [-0.15, -0.1) is 0 Å². The van der Waals surface area contributed by atoms with Crippen molar-refractivity contribution in [2.75, 3.05) is 0 Å². The molecule has 1 aromatic heterocycles. The molecule has 0 amide bonds. The predicted octanol–water partition coefficient (Wildman–Crippen LogP) is 3.68. The van der Waals surface area contributed by atoms with Gasteiger partial charge in [-0.1, -0.05) is 36.4 Å². The normalized spacial score (nSPS) is 10.4. The van der Waals surface area contributed by atoms with Crippen molar-refractivity contribution in [2.45, 2.75) is 0 Å². The fraction of sp³-hybridized carbons (Fsp3) is 0. The van der Waals surface area contributed by atoms with Crippen LogP contribution in [0.1, 0.15) is 5.76 Å². The number of hydrogen-bond acceptors (Lipinski definition) is 3. The molecule has 3 aromatic rings. The van der Waals surface area contributed by atoms with Crippen LogP contribution < -0.4 is 0 Å². The zero-order chi connectivity index (χ0) is 12.5. The molecule has 3 heteroatoms. The van der Waals surface area contributed by atoms with E-state index in [2.05, 4.69) is 0 Å². The third-order valence-electron chi connectivity index (χ3n) is 2.87. The first-order chi connectivity index (χ1) is 8.81. The van der Waals surface area contributed by atoms with Crippen LogP contribution in [0, 0.1) is 11.3 Å². The smallest absolute Gasteiger partial charge is 0.212 e. The van der Waals surface area contributed by atoms with Crippen molar-refractivity contribution in [3.63, 3.8) is 0 Å². The number of phenolic OH excluding ortho intramolecular Hbond substituents is 1. The Kier molecular flexibility index (Phi) is 2.28. The lowest BCUT2D eigenvalue weighted by Gasteiger charge is -2.02. The van der Waals surface area contributed by atoms with E-state index in [0.717, 1.165) is 5.39 Å². The van der Waals surface area contributed by atoms with Crippen molar-refractivity contribution in [3.05, 3.63) is 54.3 Å². The lowest BCUT2D eigenvalue weighted by molar-refractivity contribution is 0.477. The number of para-hydroxylation sites is 2. The summed E-state index contributed by atoms with van der Waals surface area (Å²) in [5, 5.41) is 19.9. The molecule has 0 radical (unpaired) electrons. The first-order valence-electron chi connectivity index (χ1n) is 5.51. The van der Waals surface area contributed by atoms with Gasteiger partial charge in [-0.05, 0) is 12.1 Å². The number of aromatic hydroxyl groups is 1. The first kappa shape index (κ1) is 10.4. The van der Waals surface area contributed by atoms with Gasteiger partial charge in [-0.25, -0.2) is 0 Å². The topological polar surface area (TPSA) is 57.2 Å². The second-order valence-electron chi connectivity index (χ2n) is 3.93. The number of nitriles is 1. The summed E-state index contributed by atoms with van der Waals surface area (Å²) < 4.78 is 5.49. The van der Waals surface area contributed by atoms with Gasteiger partial charge < -0.3 is 9.52 Å². The highest BCUT2D eigenvalue weighted by molar-refractivity contribution is 5.98. The van der Waals surface area contributed by atoms with Crippen LogP contribution in [0.5, 0.6) is 5.75 Å². The Morgan fingerprint density at radius 2 is 1.72 bits per heavy atom. The number of nitrogens with zero attached hydrogens (tertiary/aromatic N) is 1. The minimum Gasteiger partial charge on any atom is -0.507 e. The largest absolute Gasteiger partial charge is 0.507 e. The van der Waals surface area contributed by atoms with Gasteiger partial charge in [0, 0.05) is 10.9 Å². The molecule has 0 bridgehead atoms. The molecule has 18 heavy (non-hydrogen) atoms. The van der Waals surface area contributed by atoms with Gasteiger partial charge >= 0.3 is 0 Å². The molecular weight excluding hydrogens is 226 g/mol. The summed E-state index contributed by atoms with van der Waals surface area (Å²) >= 11 is 0. The van der Waals surface area contributed by atoms with Crippen molar-refractivity contribution < 1.29 is 9.52 Å². The molecule has 0 aliphatic rings. The van der Waals surface area contributed by atoms with Crippen LogP contribution in [0.3, 0.4) is 0 Å². The number of benzene rings is 2. The third-order valence-corrected chi connectivity index (χ3v) is 2.87. The SMILES string of the molecule is N#Cc1oc2ccccc2c1-c1ccccc1O. The first-order valence-corrected chi connectivity index (χ1v) is 5.51. The van der Waals surface area contributed by atoms with Crippen molar-refractivity contribution in [1.82, 2.24) is 0 Å². The average molecular weight is 235 g/mol. The second kappa shape index (κ2) is 3.94. The molecule has 86 valence electrons. The van der Waals surface area contributed by atoms with Gasteiger partial charge in [-0.3, -0.25) is 0 Å². The molecule has 3 rings (SSSR count). The van der Waals surface area contributed by atoms with Crippen molar-refractivity contribution in [1.29, 1.82) is 5.26 Å². The molecule has 1 heterocycles. The maximum absolute atomic E-state index is 9.91. The fourth-order valence-corrected chi connectivity index (χ4v) is 2.08. The Hall–Kier alpha value is -2.73. The predicted molar refractivity (Wildman–Crippen MR) is 68.0 cm³/mol. The summed E-state index contributed by atoms with van der Waals surface area (Å²) in [6.45, 7) is 0. The molecular formula is C15H9NO2. The maximum atomic E-state index is 9.91. The van der Waals surface area contributed by atoms with Gasteiger partial charge in [-0.2, -0.15) is 5.26 Å². The van der Waals surface area contributed by atoms with Gasteiger partial charge in [0.15, 0.2) is 0 Å². The van der Waals surface area contributed by atoms with Gasteiger partial charge in [0.1, 0.15) is 17.4 Å². The van der Waals surface area contributed by atoms with E-state index in [-0.39, 0.29) is 11.5 Å². The van der Waals surface area contributed by atoms with Crippen LogP contribution >= 0.6 is 0 Å². The number of fused-ring (bicyclic) bond motifs is 1. The monoisotopic (exact) mass is 235 g/mol. The number of hydrogen-bond donors (Lipinski definition) is 1.